The van der Waals surface area contributed by atoms with Gasteiger partial charge >= 0.3 is 0 Å². The monoisotopic (exact) mass is 266 g/mol. The summed E-state index contributed by atoms with van der Waals surface area (Å²) in [5.74, 6) is 0.0101. The minimum absolute atomic E-state index is 0.312. The number of rotatable bonds is 2. The summed E-state index contributed by atoms with van der Waals surface area (Å²) in [4.78, 5) is 0. The van der Waals surface area contributed by atoms with Gasteiger partial charge in [0.1, 0.15) is 11.5 Å². The highest BCUT2D eigenvalue weighted by molar-refractivity contribution is 7.85. The lowest BCUT2D eigenvalue weighted by molar-refractivity contribution is 0.475. The van der Waals surface area contributed by atoms with Crippen molar-refractivity contribution < 1.29 is 18.1 Å². The molecule has 0 radical (unpaired) electrons. The average molecular weight is 266 g/mol. The van der Waals surface area contributed by atoms with Crippen LogP contribution in [0.5, 0.6) is 5.75 Å². The van der Waals surface area contributed by atoms with Gasteiger partial charge in [-0.25, -0.2) is 0 Å². The van der Waals surface area contributed by atoms with Gasteiger partial charge in [-0.1, -0.05) is 48.5 Å². The Morgan fingerprint density at radius 1 is 0.833 bits per heavy atom. The van der Waals surface area contributed by atoms with Crippen LogP contribution >= 0.6 is 0 Å². The summed E-state index contributed by atoms with van der Waals surface area (Å²) in [5.41, 5.74) is 0.593. The Balaban J connectivity index is 0.000000199. The first-order valence-corrected chi connectivity index (χ1v) is 6.81. The predicted molar refractivity (Wildman–Crippen MR) is 69.8 cm³/mol. The van der Waals surface area contributed by atoms with Gasteiger partial charge in [0.15, 0.2) is 0 Å². The first kappa shape index (κ1) is 14.2. The lowest BCUT2D eigenvalue weighted by Gasteiger charge is -1.95. The van der Waals surface area contributed by atoms with Crippen molar-refractivity contribution in [3.8, 4) is 5.75 Å². The summed E-state index contributed by atoms with van der Waals surface area (Å²) < 4.78 is 29.2. The van der Waals surface area contributed by atoms with E-state index >= 15 is 0 Å². The SMILES string of the molecule is O=S(=O)(O)Cc1ccccc1.Oc1ccccc1. The minimum Gasteiger partial charge on any atom is -0.508 e. The molecular weight excluding hydrogens is 252 g/mol. The van der Waals surface area contributed by atoms with Crippen molar-refractivity contribution >= 4 is 10.1 Å². The Morgan fingerprint density at radius 2 is 1.28 bits per heavy atom. The molecule has 96 valence electrons. The molecule has 0 spiro atoms. The number of hydrogen-bond acceptors (Lipinski definition) is 3. The van der Waals surface area contributed by atoms with Crippen LogP contribution in [0.25, 0.3) is 0 Å². The Morgan fingerprint density at radius 3 is 1.61 bits per heavy atom. The van der Waals surface area contributed by atoms with Crippen LogP contribution in [-0.2, 0) is 15.9 Å². The Hall–Kier alpha value is -1.85. The van der Waals surface area contributed by atoms with Gasteiger partial charge in [0, 0.05) is 0 Å². The van der Waals surface area contributed by atoms with E-state index in [2.05, 4.69) is 0 Å². The molecule has 0 aliphatic carbocycles. The zero-order valence-electron chi connectivity index (χ0n) is 9.60. The quantitative estimate of drug-likeness (QED) is 0.819. The van der Waals surface area contributed by atoms with E-state index < -0.39 is 10.1 Å². The Labute approximate surface area is 106 Å². The van der Waals surface area contributed by atoms with Gasteiger partial charge in [0.25, 0.3) is 10.1 Å². The summed E-state index contributed by atoms with van der Waals surface area (Å²) in [5, 5.41) is 8.63. The van der Waals surface area contributed by atoms with E-state index in [1.165, 1.54) is 0 Å². The molecular formula is C13H14O4S. The van der Waals surface area contributed by atoms with Crippen molar-refractivity contribution in [1.29, 1.82) is 0 Å². The molecule has 0 aliphatic heterocycles. The maximum atomic E-state index is 10.4. The lowest BCUT2D eigenvalue weighted by Crippen LogP contribution is -2.00. The Bertz CT molecular complexity index is 550. The number of benzene rings is 2. The fourth-order valence-electron chi connectivity index (χ4n) is 1.21. The highest BCUT2D eigenvalue weighted by Gasteiger charge is 2.04. The molecule has 18 heavy (non-hydrogen) atoms. The number of para-hydroxylation sites is 1. The molecule has 0 heterocycles. The minimum atomic E-state index is -3.88. The molecule has 4 nitrogen and oxygen atoms in total. The van der Waals surface area contributed by atoms with Crippen molar-refractivity contribution in [3.05, 3.63) is 66.2 Å². The van der Waals surface area contributed by atoms with E-state index in [9.17, 15) is 8.42 Å². The van der Waals surface area contributed by atoms with Crippen molar-refractivity contribution in [2.75, 3.05) is 0 Å². The molecule has 0 bridgehead atoms. The largest absolute Gasteiger partial charge is 0.508 e. The van der Waals surface area contributed by atoms with E-state index in [0.29, 0.717) is 11.3 Å². The van der Waals surface area contributed by atoms with E-state index in [4.69, 9.17) is 9.66 Å². The molecule has 0 fully saturated rings. The fourth-order valence-corrected chi connectivity index (χ4v) is 1.83. The molecule has 0 aromatic heterocycles. The van der Waals surface area contributed by atoms with Crippen molar-refractivity contribution in [2.45, 2.75) is 5.75 Å². The maximum Gasteiger partial charge on any atom is 0.269 e. The van der Waals surface area contributed by atoms with E-state index in [1.54, 1.807) is 54.6 Å². The first-order valence-electron chi connectivity index (χ1n) is 5.20. The van der Waals surface area contributed by atoms with Crippen LogP contribution in [0.1, 0.15) is 5.56 Å². The van der Waals surface area contributed by atoms with Gasteiger partial charge in [-0.05, 0) is 17.7 Å². The van der Waals surface area contributed by atoms with Crippen molar-refractivity contribution in [2.24, 2.45) is 0 Å². The molecule has 0 saturated carbocycles. The smallest absolute Gasteiger partial charge is 0.269 e. The van der Waals surface area contributed by atoms with Gasteiger partial charge in [-0.2, -0.15) is 8.42 Å². The summed E-state index contributed by atoms with van der Waals surface area (Å²) in [6, 6.07) is 17.2. The third kappa shape index (κ3) is 6.67. The molecule has 5 heteroatoms. The van der Waals surface area contributed by atoms with Crippen molar-refractivity contribution in [1.82, 2.24) is 0 Å². The first-order chi connectivity index (χ1) is 8.47. The van der Waals surface area contributed by atoms with E-state index in [0.717, 1.165) is 0 Å². The third-order valence-electron chi connectivity index (χ3n) is 1.95. The van der Waals surface area contributed by atoms with Gasteiger partial charge < -0.3 is 5.11 Å². The number of phenols is 1. The van der Waals surface area contributed by atoms with Crippen LogP contribution in [0.15, 0.2) is 60.7 Å². The molecule has 0 unspecified atom stereocenters. The van der Waals surface area contributed by atoms with E-state index in [-0.39, 0.29) is 5.75 Å². The summed E-state index contributed by atoms with van der Waals surface area (Å²) >= 11 is 0. The lowest BCUT2D eigenvalue weighted by atomic mass is 10.2. The van der Waals surface area contributed by atoms with Gasteiger partial charge in [-0.3, -0.25) is 4.55 Å². The second-order valence-electron chi connectivity index (χ2n) is 3.55. The van der Waals surface area contributed by atoms with Crippen LogP contribution in [0.2, 0.25) is 0 Å². The molecule has 0 aliphatic rings. The highest BCUT2D eigenvalue weighted by atomic mass is 32.2. The summed E-state index contributed by atoms with van der Waals surface area (Å²) in [7, 11) is -3.88. The standard InChI is InChI=1S/C7H8O3S.C6H6O/c8-11(9,10)6-7-4-2-1-3-5-7;7-6-4-2-1-3-5-6/h1-5H,6H2,(H,8,9,10);1-5,7H. The molecule has 0 saturated heterocycles. The molecule has 2 aromatic carbocycles. The molecule has 2 aromatic rings. The predicted octanol–water partition coefficient (Wildman–Crippen LogP) is 2.47. The molecule has 0 atom stereocenters. The van der Waals surface area contributed by atoms with E-state index in [1.807, 2.05) is 6.07 Å². The van der Waals surface area contributed by atoms with Gasteiger partial charge in [0.2, 0.25) is 0 Å². The fraction of sp³-hybridized carbons (Fsp3) is 0.0769. The number of aromatic hydroxyl groups is 1. The number of hydrogen-bond donors (Lipinski definition) is 2. The summed E-state index contributed by atoms with van der Waals surface area (Å²) in [6.45, 7) is 0. The molecule has 2 N–H and O–H groups in total. The van der Waals surface area contributed by atoms with Crippen LogP contribution in [0.4, 0.5) is 0 Å². The second kappa shape index (κ2) is 6.78. The average Bonchev–Trinajstić information content (AvgIpc) is 2.30. The topological polar surface area (TPSA) is 74.6 Å². The van der Waals surface area contributed by atoms with Crippen LogP contribution < -0.4 is 0 Å². The van der Waals surface area contributed by atoms with Crippen LogP contribution in [-0.4, -0.2) is 18.1 Å². The highest BCUT2D eigenvalue weighted by Crippen LogP contribution is 2.03. The van der Waals surface area contributed by atoms with Gasteiger partial charge in [-0.15, -0.1) is 0 Å². The van der Waals surface area contributed by atoms with Crippen LogP contribution in [0.3, 0.4) is 0 Å². The summed E-state index contributed by atoms with van der Waals surface area (Å²) in [6.07, 6.45) is 0. The Kier molecular flexibility index (Phi) is 5.35. The number of phenolic OH excluding ortho intramolecular Hbond substituents is 1. The zero-order chi connectivity index (χ0) is 13.4. The zero-order valence-corrected chi connectivity index (χ0v) is 10.4. The second-order valence-corrected chi connectivity index (χ2v) is 5.00. The van der Waals surface area contributed by atoms with Crippen molar-refractivity contribution in [3.63, 3.8) is 0 Å². The third-order valence-corrected chi connectivity index (χ3v) is 2.65. The van der Waals surface area contributed by atoms with Crippen LogP contribution in [0, 0.1) is 0 Å². The maximum absolute atomic E-state index is 10.4. The molecule has 0 amide bonds. The molecule has 2 rings (SSSR count). The van der Waals surface area contributed by atoms with Gasteiger partial charge in [0.05, 0.1) is 0 Å². The normalized spacial score (nSPS) is 10.3.